The standard InChI is InChI=1S/C21H19FN4O3/c1-13-11-16(15(3)25(13)20-9-5-4-8-18(20)22)12-23-24-21(27)17-7-6-10-19(14(17)2)26(28)29/h4-12H,1-3H3,(H,24,27)/b23-12-. The van der Waals surface area contributed by atoms with Crippen molar-refractivity contribution in [1.82, 2.24) is 9.99 Å². The summed E-state index contributed by atoms with van der Waals surface area (Å²) in [5.41, 5.74) is 5.41. The van der Waals surface area contributed by atoms with Crippen LogP contribution in [0.25, 0.3) is 5.69 Å². The molecule has 0 aliphatic carbocycles. The van der Waals surface area contributed by atoms with Gasteiger partial charge in [0.2, 0.25) is 0 Å². The highest BCUT2D eigenvalue weighted by atomic mass is 19.1. The van der Waals surface area contributed by atoms with Crippen molar-refractivity contribution >= 4 is 17.8 Å². The highest BCUT2D eigenvalue weighted by Gasteiger charge is 2.17. The monoisotopic (exact) mass is 394 g/mol. The van der Waals surface area contributed by atoms with Crippen LogP contribution in [0.2, 0.25) is 0 Å². The van der Waals surface area contributed by atoms with Gasteiger partial charge in [-0.15, -0.1) is 0 Å². The number of nitro groups is 1. The van der Waals surface area contributed by atoms with Gasteiger partial charge < -0.3 is 4.57 Å². The molecule has 7 nitrogen and oxygen atoms in total. The quantitative estimate of drug-likeness (QED) is 0.399. The van der Waals surface area contributed by atoms with Crippen molar-refractivity contribution in [2.75, 3.05) is 0 Å². The van der Waals surface area contributed by atoms with E-state index in [1.807, 2.05) is 19.9 Å². The van der Waals surface area contributed by atoms with Crippen LogP contribution in [-0.2, 0) is 0 Å². The number of hydrazone groups is 1. The van der Waals surface area contributed by atoms with E-state index in [1.54, 1.807) is 22.8 Å². The van der Waals surface area contributed by atoms with Crippen LogP contribution in [0.3, 0.4) is 0 Å². The predicted octanol–water partition coefficient (Wildman–Crippen LogP) is 4.21. The summed E-state index contributed by atoms with van der Waals surface area (Å²) in [7, 11) is 0. The van der Waals surface area contributed by atoms with Gasteiger partial charge >= 0.3 is 0 Å². The number of halogens is 1. The number of carbonyl (C=O) groups excluding carboxylic acids is 1. The summed E-state index contributed by atoms with van der Waals surface area (Å²) in [6.45, 7) is 5.19. The summed E-state index contributed by atoms with van der Waals surface area (Å²) in [5, 5.41) is 15.0. The van der Waals surface area contributed by atoms with E-state index in [2.05, 4.69) is 10.5 Å². The number of carbonyl (C=O) groups is 1. The fraction of sp³-hybridized carbons (Fsp3) is 0.143. The molecule has 0 fully saturated rings. The maximum absolute atomic E-state index is 14.2. The van der Waals surface area contributed by atoms with Gasteiger partial charge in [0.25, 0.3) is 11.6 Å². The molecule has 0 radical (unpaired) electrons. The first kappa shape index (κ1) is 19.9. The summed E-state index contributed by atoms with van der Waals surface area (Å²) in [6, 6.07) is 12.6. The highest BCUT2D eigenvalue weighted by Crippen LogP contribution is 2.22. The average Bonchev–Trinajstić information content (AvgIpc) is 2.95. The number of nitro benzene ring substituents is 1. The van der Waals surface area contributed by atoms with Gasteiger partial charge in [-0.1, -0.05) is 18.2 Å². The van der Waals surface area contributed by atoms with E-state index in [0.717, 1.165) is 11.4 Å². The Morgan fingerprint density at radius 2 is 1.90 bits per heavy atom. The lowest BCUT2D eigenvalue weighted by molar-refractivity contribution is -0.385. The molecule has 1 amide bonds. The van der Waals surface area contributed by atoms with Crippen molar-refractivity contribution in [3.63, 3.8) is 0 Å². The number of hydrogen-bond acceptors (Lipinski definition) is 4. The number of nitrogens with zero attached hydrogens (tertiary/aromatic N) is 3. The third-order valence-corrected chi connectivity index (χ3v) is 4.68. The van der Waals surface area contributed by atoms with Gasteiger partial charge in [0, 0.05) is 28.6 Å². The molecule has 29 heavy (non-hydrogen) atoms. The molecule has 0 saturated carbocycles. The van der Waals surface area contributed by atoms with Gasteiger partial charge in [-0.05, 0) is 45.0 Å². The molecule has 0 aliphatic heterocycles. The number of amides is 1. The maximum atomic E-state index is 14.2. The zero-order valence-electron chi connectivity index (χ0n) is 16.1. The smallest absolute Gasteiger partial charge is 0.273 e. The van der Waals surface area contributed by atoms with Gasteiger partial charge in [0.15, 0.2) is 0 Å². The Balaban J connectivity index is 1.83. The molecule has 0 aliphatic rings. The summed E-state index contributed by atoms with van der Waals surface area (Å²) >= 11 is 0. The summed E-state index contributed by atoms with van der Waals surface area (Å²) < 4.78 is 15.9. The van der Waals surface area contributed by atoms with E-state index < -0.39 is 10.8 Å². The minimum absolute atomic E-state index is 0.130. The van der Waals surface area contributed by atoms with Crippen LogP contribution in [0, 0.1) is 36.7 Å². The molecule has 1 aromatic heterocycles. The van der Waals surface area contributed by atoms with Crippen LogP contribution < -0.4 is 5.43 Å². The van der Waals surface area contributed by atoms with Crippen molar-refractivity contribution in [2.45, 2.75) is 20.8 Å². The molecule has 0 atom stereocenters. The van der Waals surface area contributed by atoms with E-state index in [4.69, 9.17) is 0 Å². The largest absolute Gasteiger partial charge is 0.315 e. The first-order chi connectivity index (χ1) is 13.8. The number of aryl methyl sites for hydroxylation is 1. The van der Waals surface area contributed by atoms with Crippen LogP contribution >= 0.6 is 0 Å². The number of aromatic nitrogens is 1. The lowest BCUT2D eigenvalue weighted by Gasteiger charge is -2.10. The molecule has 2 aromatic carbocycles. The average molecular weight is 394 g/mol. The molecule has 0 unspecified atom stereocenters. The van der Waals surface area contributed by atoms with E-state index in [9.17, 15) is 19.3 Å². The van der Waals surface area contributed by atoms with Crippen molar-refractivity contribution in [1.29, 1.82) is 0 Å². The van der Waals surface area contributed by atoms with Gasteiger partial charge in [-0.25, -0.2) is 9.82 Å². The van der Waals surface area contributed by atoms with E-state index in [1.165, 1.54) is 37.4 Å². The Bertz CT molecular complexity index is 1130. The Kier molecular flexibility index (Phi) is 5.54. The third kappa shape index (κ3) is 3.91. The fourth-order valence-corrected chi connectivity index (χ4v) is 3.21. The lowest BCUT2D eigenvalue weighted by Crippen LogP contribution is -2.19. The number of benzene rings is 2. The Morgan fingerprint density at radius 3 is 2.59 bits per heavy atom. The molecule has 0 bridgehead atoms. The lowest BCUT2D eigenvalue weighted by atomic mass is 10.1. The molecule has 0 spiro atoms. The third-order valence-electron chi connectivity index (χ3n) is 4.68. The van der Waals surface area contributed by atoms with Crippen molar-refractivity contribution in [3.8, 4) is 5.69 Å². The Hall–Kier alpha value is -3.81. The first-order valence-corrected chi connectivity index (χ1v) is 8.82. The van der Waals surface area contributed by atoms with E-state index >= 15 is 0 Å². The van der Waals surface area contributed by atoms with Gasteiger partial charge in [0.05, 0.1) is 22.4 Å². The van der Waals surface area contributed by atoms with E-state index in [-0.39, 0.29) is 22.6 Å². The molecule has 3 rings (SSSR count). The molecule has 1 heterocycles. The summed E-state index contributed by atoms with van der Waals surface area (Å²) in [4.78, 5) is 22.8. The minimum Gasteiger partial charge on any atom is -0.315 e. The molecule has 0 saturated heterocycles. The second-order valence-electron chi connectivity index (χ2n) is 6.52. The number of hydrogen-bond donors (Lipinski definition) is 1. The molecule has 3 aromatic rings. The van der Waals surface area contributed by atoms with Crippen LogP contribution in [0.1, 0.15) is 32.9 Å². The van der Waals surface area contributed by atoms with Crippen molar-refractivity contribution in [3.05, 3.63) is 92.5 Å². The van der Waals surface area contributed by atoms with Crippen LogP contribution in [-0.4, -0.2) is 21.6 Å². The van der Waals surface area contributed by atoms with Crippen LogP contribution in [0.5, 0.6) is 0 Å². The first-order valence-electron chi connectivity index (χ1n) is 8.82. The topological polar surface area (TPSA) is 89.5 Å². The number of nitrogens with one attached hydrogen (secondary N) is 1. The number of rotatable bonds is 5. The van der Waals surface area contributed by atoms with Crippen LogP contribution in [0.15, 0.2) is 53.6 Å². The Labute approximate surface area is 166 Å². The summed E-state index contributed by atoms with van der Waals surface area (Å²) in [6.07, 6.45) is 1.46. The van der Waals surface area contributed by atoms with E-state index in [0.29, 0.717) is 11.3 Å². The zero-order chi connectivity index (χ0) is 21.1. The predicted molar refractivity (Wildman–Crippen MR) is 108 cm³/mol. The fourth-order valence-electron chi connectivity index (χ4n) is 3.21. The van der Waals surface area contributed by atoms with Gasteiger partial charge in [0.1, 0.15) is 5.82 Å². The second kappa shape index (κ2) is 8.05. The molecular formula is C21H19FN4O3. The van der Waals surface area contributed by atoms with Crippen molar-refractivity contribution in [2.24, 2.45) is 5.10 Å². The SMILES string of the molecule is Cc1c(C(=O)N/N=C\c2cc(C)n(-c3ccccc3F)c2C)cccc1[N+](=O)[O-]. The second-order valence-corrected chi connectivity index (χ2v) is 6.52. The molecule has 8 heteroatoms. The normalized spacial score (nSPS) is 11.0. The highest BCUT2D eigenvalue weighted by molar-refractivity contribution is 5.97. The molecule has 148 valence electrons. The number of para-hydroxylation sites is 1. The minimum atomic E-state index is -0.551. The molecule has 1 N–H and O–H groups in total. The van der Waals surface area contributed by atoms with Gasteiger partial charge in [-0.3, -0.25) is 14.9 Å². The summed E-state index contributed by atoms with van der Waals surface area (Å²) in [5.74, 6) is -0.891. The van der Waals surface area contributed by atoms with Gasteiger partial charge in [-0.2, -0.15) is 5.10 Å². The van der Waals surface area contributed by atoms with Crippen LogP contribution in [0.4, 0.5) is 10.1 Å². The zero-order valence-corrected chi connectivity index (χ0v) is 16.1. The van der Waals surface area contributed by atoms with Crippen molar-refractivity contribution < 1.29 is 14.1 Å². The molecular weight excluding hydrogens is 375 g/mol. The Morgan fingerprint density at radius 1 is 1.17 bits per heavy atom. The maximum Gasteiger partial charge on any atom is 0.273 e.